The van der Waals surface area contributed by atoms with E-state index in [4.69, 9.17) is 0 Å². The quantitative estimate of drug-likeness (QED) is 0.756. The third kappa shape index (κ3) is 2.93. The normalized spacial score (nSPS) is 19.5. The molecule has 0 bridgehead atoms. The molecule has 1 aromatic carbocycles. The van der Waals surface area contributed by atoms with E-state index in [-0.39, 0.29) is 18.4 Å². The van der Waals surface area contributed by atoms with Crippen molar-refractivity contribution in [1.82, 2.24) is 14.9 Å². The van der Waals surface area contributed by atoms with E-state index < -0.39 is 11.1 Å². The van der Waals surface area contributed by atoms with Crippen molar-refractivity contribution in [2.45, 2.75) is 30.2 Å². The van der Waals surface area contributed by atoms with Crippen molar-refractivity contribution in [3.05, 3.63) is 37.3 Å². The van der Waals surface area contributed by atoms with Crippen LogP contribution in [0.1, 0.15) is 25.3 Å². The highest BCUT2D eigenvalue weighted by atomic mass is 79.9. The van der Waals surface area contributed by atoms with Crippen LogP contribution < -0.4 is 16.4 Å². The molecule has 2 aliphatic rings. The molecule has 2 aromatic rings. The molecule has 1 aliphatic carbocycles. The minimum Gasteiger partial charge on any atom is -0.356 e. The van der Waals surface area contributed by atoms with Gasteiger partial charge in [-0.3, -0.25) is 19.0 Å². The lowest BCUT2D eigenvalue weighted by Gasteiger charge is -2.26. The van der Waals surface area contributed by atoms with Gasteiger partial charge < -0.3 is 10.3 Å². The summed E-state index contributed by atoms with van der Waals surface area (Å²) in [6, 6.07) is 3.41. The molecular weight excluding hydrogens is 394 g/mol. The van der Waals surface area contributed by atoms with Gasteiger partial charge in [0.2, 0.25) is 5.91 Å². The second kappa shape index (κ2) is 6.07. The Balaban J connectivity index is 1.72. The van der Waals surface area contributed by atoms with Crippen molar-refractivity contribution < 1.29 is 4.79 Å². The number of rotatable bonds is 4. The monoisotopic (exact) mass is 409 g/mol. The van der Waals surface area contributed by atoms with Crippen molar-refractivity contribution in [3.8, 4) is 0 Å². The Kier molecular flexibility index (Phi) is 4.04. The summed E-state index contributed by atoms with van der Waals surface area (Å²) in [5, 5.41) is 2.93. The fourth-order valence-electron chi connectivity index (χ4n) is 3.04. The van der Waals surface area contributed by atoms with Crippen molar-refractivity contribution in [2.75, 3.05) is 12.3 Å². The topological polar surface area (TPSA) is 84.0 Å². The lowest BCUT2D eigenvalue weighted by molar-refractivity contribution is -0.121. The zero-order valence-electron chi connectivity index (χ0n) is 12.8. The number of carbonyl (C=O) groups is 1. The number of nitrogens with zero attached hydrogens (tertiary/aromatic N) is 1. The third-order valence-electron chi connectivity index (χ3n) is 4.44. The molecule has 0 radical (unpaired) electrons. The minimum absolute atomic E-state index is 0.0617. The van der Waals surface area contributed by atoms with E-state index in [1.165, 1.54) is 17.4 Å². The SMILES string of the molecule is O=C(CC1CSc2cc(Br)cc3[nH]c(=O)c(=O)n1c23)NCC1CC1. The summed E-state index contributed by atoms with van der Waals surface area (Å²) in [4.78, 5) is 40.2. The predicted molar refractivity (Wildman–Crippen MR) is 96.6 cm³/mol. The van der Waals surface area contributed by atoms with Crippen LogP contribution in [0.15, 0.2) is 31.1 Å². The number of aromatic amines is 1. The van der Waals surface area contributed by atoms with Crippen LogP contribution in [-0.2, 0) is 4.79 Å². The van der Waals surface area contributed by atoms with Gasteiger partial charge >= 0.3 is 11.1 Å². The second-order valence-electron chi connectivity index (χ2n) is 6.35. The summed E-state index contributed by atoms with van der Waals surface area (Å²) in [5.74, 6) is 1.15. The summed E-state index contributed by atoms with van der Waals surface area (Å²) < 4.78 is 2.35. The van der Waals surface area contributed by atoms with Gasteiger partial charge in [0.15, 0.2) is 0 Å². The highest BCUT2D eigenvalue weighted by Crippen LogP contribution is 2.37. The van der Waals surface area contributed by atoms with Crippen LogP contribution in [0.3, 0.4) is 0 Å². The van der Waals surface area contributed by atoms with E-state index in [1.54, 1.807) is 17.8 Å². The van der Waals surface area contributed by atoms with E-state index in [0.717, 1.165) is 9.37 Å². The molecule has 2 heterocycles. The molecule has 1 atom stereocenters. The van der Waals surface area contributed by atoms with Gasteiger partial charge in [0, 0.05) is 28.1 Å². The first-order valence-corrected chi connectivity index (χ1v) is 9.68. The first kappa shape index (κ1) is 16.0. The van der Waals surface area contributed by atoms with E-state index in [9.17, 15) is 14.4 Å². The molecule has 8 heteroatoms. The zero-order chi connectivity index (χ0) is 16.8. The molecule has 126 valence electrons. The number of aromatic nitrogens is 2. The molecule has 1 amide bonds. The maximum absolute atomic E-state index is 12.4. The number of halogens is 1. The molecule has 1 saturated carbocycles. The molecule has 4 rings (SSSR count). The average Bonchev–Trinajstić information content (AvgIpc) is 3.35. The first-order chi connectivity index (χ1) is 11.5. The number of hydrogen-bond donors (Lipinski definition) is 2. The fourth-order valence-corrected chi connectivity index (χ4v) is 4.84. The number of nitrogens with one attached hydrogen (secondary N) is 2. The predicted octanol–water partition coefficient (Wildman–Crippen LogP) is 2.02. The van der Waals surface area contributed by atoms with Crippen LogP contribution in [0.25, 0.3) is 11.0 Å². The number of hydrogen-bond acceptors (Lipinski definition) is 4. The molecule has 0 spiro atoms. The Morgan fingerprint density at radius 3 is 2.92 bits per heavy atom. The summed E-state index contributed by atoms with van der Waals surface area (Å²) >= 11 is 5.03. The highest BCUT2D eigenvalue weighted by Gasteiger charge is 2.28. The third-order valence-corrected chi connectivity index (χ3v) is 6.08. The van der Waals surface area contributed by atoms with E-state index in [1.807, 2.05) is 6.07 Å². The zero-order valence-corrected chi connectivity index (χ0v) is 15.2. The summed E-state index contributed by atoms with van der Waals surface area (Å²) in [6.07, 6.45) is 2.57. The largest absolute Gasteiger partial charge is 0.356 e. The van der Waals surface area contributed by atoms with Crippen LogP contribution in [0.5, 0.6) is 0 Å². The average molecular weight is 410 g/mol. The van der Waals surface area contributed by atoms with Gasteiger partial charge in [0.05, 0.1) is 17.1 Å². The molecule has 1 aliphatic heterocycles. The summed E-state index contributed by atoms with van der Waals surface area (Å²) in [7, 11) is 0. The molecular formula is C16H16BrN3O3S. The Morgan fingerprint density at radius 1 is 1.38 bits per heavy atom. The van der Waals surface area contributed by atoms with Gasteiger partial charge in [-0.1, -0.05) is 15.9 Å². The second-order valence-corrected chi connectivity index (χ2v) is 8.32. The van der Waals surface area contributed by atoms with Crippen molar-refractivity contribution in [3.63, 3.8) is 0 Å². The van der Waals surface area contributed by atoms with E-state index >= 15 is 0 Å². The fraction of sp³-hybridized carbons (Fsp3) is 0.438. The number of H-pyrrole nitrogens is 1. The van der Waals surface area contributed by atoms with Crippen LogP contribution in [0.2, 0.25) is 0 Å². The molecule has 1 unspecified atom stereocenters. The van der Waals surface area contributed by atoms with Crippen LogP contribution >= 0.6 is 27.7 Å². The lowest BCUT2D eigenvalue weighted by Crippen LogP contribution is -2.41. The number of thioether (sulfide) groups is 1. The molecule has 6 nitrogen and oxygen atoms in total. The summed E-state index contributed by atoms with van der Waals surface area (Å²) in [5.41, 5.74) is 0.0758. The Hall–Kier alpha value is -1.54. The van der Waals surface area contributed by atoms with Gasteiger partial charge in [-0.15, -0.1) is 11.8 Å². The van der Waals surface area contributed by atoms with Gasteiger partial charge in [-0.05, 0) is 30.9 Å². The van der Waals surface area contributed by atoms with Crippen molar-refractivity contribution in [2.24, 2.45) is 5.92 Å². The maximum Gasteiger partial charge on any atom is 0.317 e. The van der Waals surface area contributed by atoms with Crippen molar-refractivity contribution >= 4 is 44.6 Å². The van der Waals surface area contributed by atoms with Gasteiger partial charge in [-0.25, -0.2) is 0 Å². The van der Waals surface area contributed by atoms with Crippen LogP contribution in [0, 0.1) is 5.92 Å². The molecule has 1 aromatic heterocycles. The Labute approximate surface area is 150 Å². The molecule has 2 N–H and O–H groups in total. The molecule has 1 fully saturated rings. The van der Waals surface area contributed by atoms with Crippen LogP contribution in [-0.4, -0.2) is 27.8 Å². The van der Waals surface area contributed by atoms with Gasteiger partial charge in [0.25, 0.3) is 0 Å². The minimum atomic E-state index is -0.651. The Morgan fingerprint density at radius 2 is 2.17 bits per heavy atom. The van der Waals surface area contributed by atoms with Crippen molar-refractivity contribution in [1.29, 1.82) is 0 Å². The van der Waals surface area contributed by atoms with Crippen LogP contribution in [0.4, 0.5) is 0 Å². The molecule has 24 heavy (non-hydrogen) atoms. The van der Waals surface area contributed by atoms with Gasteiger partial charge in [-0.2, -0.15) is 0 Å². The van der Waals surface area contributed by atoms with Gasteiger partial charge in [0.1, 0.15) is 0 Å². The maximum atomic E-state index is 12.4. The summed E-state index contributed by atoms with van der Waals surface area (Å²) in [6.45, 7) is 0.710. The van der Waals surface area contributed by atoms with E-state index in [2.05, 4.69) is 26.2 Å². The smallest absolute Gasteiger partial charge is 0.317 e. The standard InChI is InChI=1S/C16H16BrN3O3S/c17-9-3-11-14-12(4-9)24-7-10(20(14)16(23)15(22)19-11)5-13(21)18-6-8-1-2-8/h3-4,8,10H,1-2,5-7H2,(H,18,21)(H,19,22). The molecule has 0 saturated heterocycles. The number of carbonyl (C=O) groups excluding carboxylic acids is 1. The number of benzene rings is 1. The lowest BCUT2D eigenvalue weighted by atomic mass is 10.2. The highest BCUT2D eigenvalue weighted by molar-refractivity contribution is 9.10. The number of amides is 1. The Bertz CT molecular complexity index is 948. The first-order valence-electron chi connectivity index (χ1n) is 7.90. The van der Waals surface area contributed by atoms with E-state index in [0.29, 0.717) is 29.2 Å².